The summed E-state index contributed by atoms with van der Waals surface area (Å²) in [5.74, 6) is 0.734. The molecular weight excluding hydrogens is 406 g/mol. The number of hydrogen-bond acceptors (Lipinski definition) is 8. The molecule has 0 unspecified atom stereocenters. The molecule has 1 aromatic carbocycles. The number of amides is 1. The van der Waals surface area contributed by atoms with Crippen LogP contribution in [0.4, 0.5) is 17.3 Å². The maximum Gasteiger partial charge on any atom is 0.277 e. The van der Waals surface area contributed by atoms with Crippen LogP contribution in [0, 0.1) is 0 Å². The zero-order valence-corrected chi connectivity index (χ0v) is 17.3. The number of benzene rings is 1. The third-order valence-corrected chi connectivity index (χ3v) is 5.27. The van der Waals surface area contributed by atoms with Crippen molar-refractivity contribution in [2.45, 2.75) is 0 Å². The van der Waals surface area contributed by atoms with Crippen molar-refractivity contribution in [2.24, 2.45) is 0 Å². The van der Waals surface area contributed by atoms with Gasteiger partial charge in [0.25, 0.3) is 5.91 Å². The minimum Gasteiger partial charge on any atom is -0.368 e. The monoisotopic (exact) mass is 427 g/mol. The molecule has 9 nitrogen and oxygen atoms in total. The zero-order chi connectivity index (χ0) is 21.8. The standard InChI is InChI=1S/C23H21N7O2/c31-22(20-13-21(32-28-20)17-5-4-8-24-14-17)27-18-15-25-23(26-16-18)30-11-9-29(10-12-30)19-6-2-1-3-7-19/h1-8,13-16H,9-12H2,(H,27,31). The first-order chi connectivity index (χ1) is 15.8. The number of aromatic nitrogens is 4. The fourth-order valence-corrected chi connectivity index (χ4v) is 3.57. The first-order valence-corrected chi connectivity index (χ1v) is 10.3. The van der Waals surface area contributed by atoms with Gasteiger partial charge in [-0.05, 0) is 24.3 Å². The number of carbonyl (C=O) groups excluding carboxylic acids is 1. The first kappa shape index (κ1) is 19.7. The highest BCUT2D eigenvalue weighted by molar-refractivity contribution is 6.03. The maximum absolute atomic E-state index is 12.5. The minimum atomic E-state index is -0.392. The van der Waals surface area contributed by atoms with Crippen molar-refractivity contribution < 1.29 is 9.32 Å². The van der Waals surface area contributed by atoms with Crippen molar-refractivity contribution in [1.29, 1.82) is 0 Å². The topological polar surface area (TPSA) is 100 Å². The van der Waals surface area contributed by atoms with Crippen LogP contribution >= 0.6 is 0 Å². The number of piperazine rings is 1. The number of carbonyl (C=O) groups is 1. The molecular formula is C23H21N7O2. The van der Waals surface area contributed by atoms with Gasteiger partial charge in [0.15, 0.2) is 11.5 Å². The van der Waals surface area contributed by atoms with Crippen LogP contribution in [0.1, 0.15) is 10.5 Å². The summed E-state index contributed by atoms with van der Waals surface area (Å²) >= 11 is 0. The predicted molar refractivity (Wildman–Crippen MR) is 121 cm³/mol. The Balaban J connectivity index is 1.18. The Kier molecular flexibility index (Phi) is 5.44. The summed E-state index contributed by atoms with van der Waals surface area (Å²) in [5.41, 5.74) is 2.64. The predicted octanol–water partition coefficient (Wildman–Crippen LogP) is 3.11. The molecule has 5 rings (SSSR count). The molecule has 1 aliphatic rings. The van der Waals surface area contributed by atoms with Gasteiger partial charge in [0.2, 0.25) is 5.95 Å². The van der Waals surface area contributed by atoms with Crippen LogP contribution in [0.25, 0.3) is 11.3 Å². The molecule has 9 heteroatoms. The Labute approximate surface area is 184 Å². The highest BCUT2D eigenvalue weighted by atomic mass is 16.5. The van der Waals surface area contributed by atoms with E-state index in [1.807, 2.05) is 12.1 Å². The third kappa shape index (κ3) is 4.27. The summed E-state index contributed by atoms with van der Waals surface area (Å²) in [7, 11) is 0. The van der Waals surface area contributed by atoms with Crippen molar-refractivity contribution in [3.63, 3.8) is 0 Å². The largest absolute Gasteiger partial charge is 0.368 e. The van der Waals surface area contributed by atoms with E-state index in [0.29, 0.717) is 17.4 Å². The van der Waals surface area contributed by atoms with Gasteiger partial charge in [-0.3, -0.25) is 9.78 Å². The zero-order valence-electron chi connectivity index (χ0n) is 17.3. The average Bonchev–Trinajstić information content (AvgIpc) is 3.37. The maximum atomic E-state index is 12.5. The molecule has 1 fully saturated rings. The van der Waals surface area contributed by atoms with Crippen molar-refractivity contribution in [2.75, 3.05) is 41.3 Å². The number of hydrogen-bond donors (Lipinski definition) is 1. The number of nitrogens with zero attached hydrogens (tertiary/aromatic N) is 6. The van der Waals surface area contributed by atoms with Crippen LogP contribution in [0.3, 0.4) is 0 Å². The van der Waals surface area contributed by atoms with Gasteiger partial charge in [-0.2, -0.15) is 0 Å². The molecule has 0 aliphatic carbocycles. The van der Waals surface area contributed by atoms with E-state index in [4.69, 9.17) is 4.52 Å². The number of nitrogens with one attached hydrogen (secondary N) is 1. The van der Waals surface area contributed by atoms with E-state index in [-0.39, 0.29) is 5.69 Å². The van der Waals surface area contributed by atoms with Crippen LogP contribution in [0.2, 0.25) is 0 Å². The van der Waals surface area contributed by atoms with Crippen LogP contribution in [-0.2, 0) is 0 Å². The summed E-state index contributed by atoms with van der Waals surface area (Å²) in [6.45, 7) is 3.46. The minimum absolute atomic E-state index is 0.171. The van der Waals surface area contributed by atoms with Crippen LogP contribution in [0.5, 0.6) is 0 Å². The molecule has 4 heterocycles. The summed E-state index contributed by atoms with van der Waals surface area (Å²) in [6, 6.07) is 15.6. The van der Waals surface area contributed by atoms with Gasteiger partial charge in [-0.1, -0.05) is 23.4 Å². The molecule has 0 atom stereocenters. The van der Waals surface area contributed by atoms with Gasteiger partial charge in [0.1, 0.15) is 0 Å². The molecule has 160 valence electrons. The van der Waals surface area contributed by atoms with Crippen molar-refractivity contribution >= 4 is 23.2 Å². The highest BCUT2D eigenvalue weighted by Crippen LogP contribution is 2.20. The summed E-state index contributed by atoms with van der Waals surface area (Å²) < 4.78 is 5.26. The molecule has 0 saturated carbocycles. The Morgan fingerprint density at radius 2 is 1.66 bits per heavy atom. The SMILES string of the molecule is O=C(Nc1cnc(N2CCN(c3ccccc3)CC2)nc1)c1cc(-c2cccnc2)on1. The number of para-hydroxylation sites is 1. The quantitative estimate of drug-likeness (QED) is 0.519. The summed E-state index contributed by atoms with van der Waals surface area (Å²) in [4.78, 5) is 29.9. The fourth-order valence-electron chi connectivity index (χ4n) is 3.57. The highest BCUT2D eigenvalue weighted by Gasteiger charge is 2.19. The van der Waals surface area contributed by atoms with Gasteiger partial charge in [0.05, 0.1) is 18.1 Å². The van der Waals surface area contributed by atoms with Gasteiger partial charge < -0.3 is 19.6 Å². The lowest BCUT2D eigenvalue weighted by atomic mass is 10.2. The van der Waals surface area contributed by atoms with E-state index < -0.39 is 5.91 Å². The number of pyridine rings is 1. The second-order valence-corrected chi connectivity index (χ2v) is 7.35. The fraction of sp³-hybridized carbons (Fsp3) is 0.174. The molecule has 0 spiro atoms. The molecule has 1 N–H and O–H groups in total. The van der Waals surface area contributed by atoms with Gasteiger partial charge in [-0.25, -0.2) is 9.97 Å². The van der Waals surface area contributed by atoms with Gasteiger partial charge in [-0.15, -0.1) is 0 Å². The third-order valence-electron chi connectivity index (χ3n) is 5.27. The molecule has 0 bridgehead atoms. The van der Waals surface area contributed by atoms with Gasteiger partial charge in [0, 0.05) is 55.9 Å². The Morgan fingerprint density at radius 3 is 2.38 bits per heavy atom. The normalized spacial score (nSPS) is 13.8. The Bertz CT molecular complexity index is 1170. The van der Waals surface area contributed by atoms with Crippen LogP contribution in [0.15, 0.2) is 77.8 Å². The Morgan fingerprint density at radius 1 is 0.906 bits per heavy atom. The van der Waals surface area contributed by atoms with Gasteiger partial charge >= 0.3 is 0 Å². The molecule has 0 radical (unpaired) electrons. The lowest BCUT2D eigenvalue weighted by Gasteiger charge is -2.36. The second-order valence-electron chi connectivity index (χ2n) is 7.35. The first-order valence-electron chi connectivity index (χ1n) is 10.3. The van der Waals surface area contributed by atoms with Crippen molar-refractivity contribution in [3.8, 4) is 11.3 Å². The average molecular weight is 427 g/mol. The van der Waals surface area contributed by atoms with E-state index >= 15 is 0 Å². The summed E-state index contributed by atoms with van der Waals surface area (Å²) in [6.07, 6.45) is 6.52. The lowest BCUT2D eigenvalue weighted by Crippen LogP contribution is -2.47. The van der Waals surface area contributed by atoms with Crippen LogP contribution in [-0.4, -0.2) is 52.2 Å². The lowest BCUT2D eigenvalue weighted by molar-refractivity contribution is 0.101. The molecule has 4 aromatic rings. The smallest absolute Gasteiger partial charge is 0.277 e. The van der Waals surface area contributed by atoms with E-state index in [0.717, 1.165) is 31.7 Å². The van der Waals surface area contributed by atoms with Crippen molar-refractivity contribution in [1.82, 2.24) is 20.1 Å². The molecule has 1 aliphatic heterocycles. The molecule has 3 aromatic heterocycles. The second kappa shape index (κ2) is 8.84. The van der Waals surface area contributed by atoms with E-state index in [1.54, 1.807) is 36.9 Å². The number of rotatable bonds is 5. The molecule has 1 saturated heterocycles. The molecule has 32 heavy (non-hydrogen) atoms. The van der Waals surface area contributed by atoms with E-state index in [1.165, 1.54) is 5.69 Å². The van der Waals surface area contributed by atoms with E-state index in [2.05, 4.69) is 59.5 Å². The van der Waals surface area contributed by atoms with Crippen molar-refractivity contribution in [3.05, 3.63) is 79.0 Å². The van der Waals surface area contributed by atoms with E-state index in [9.17, 15) is 4.79 Å². The van der Waals surface area contributed by atoms with Crippen LogP contribution < -0.4 is 15.1 Å². The number of anilines is 3. The summed E-state index contributed by atoms with van der Waals surface area (Å²) in [5, 5.41) is 6.60. The Hall–Kier alpha value is -4.27. The molecule has 1 amide bonds.